The summed E-state index contributed by atoms with van der Waals surface area (Å²) in [5, 5.41) is 5.27. The van der Waals surface area contributed by atoms with Crippen LogP contribution in [0.5, 0.6) is 0 Å². The van der Waals surface area contributed by atoms with Crippen molar-refractivity contribution in [2.45, 2.75) is 25.4 Å². The van der Waals surface area contributed by atoms with E-state index >= 15 is 0 Å². The van der Waals surface area contributed by atoms with Gasteiger partial charge < -0.3 is 16.0 Å². The normalized spacial score (nSPS) is 23.8. The predicted octanol–water partition coefficient (Wildman–Crippen LogP) is 0.565. The summed E-state index contributed by atoms with van der Waals surface area (Å²) in [6.07, 6.45) is 1.66. The molecule has 0 aliphatic carbocycles. The second kappa shape index (κ2) is 3.73. The first-order valence-corrected chi connectivity index (χ1v) is 6.51. The lowest BCUT2D eigenvalue weighted by atomic mass is 10.1. The molecule has 0 bridgehead atoms. The molecule has 3 heterocycles. The summed E-state index contributed by atoms with van der Waals surface area (Å²) in [4.78, 5) is 25.5. The molecule has 90 valence electrons. The molecule has 3 rings (SSSR count). The third-order valence-corrected chi connectivity index (χ3v) is 4.23. The van der Waals surface area contributed by atoms with E-state index in [1.54, 1.807) is 10.3 Å². The molecule has 5 nitrogen and oxygen atoms in total. The number of piperidine rings is 1. The number of nitrogens with two attached hydrogens (primary N) is 1. The van der Waals surface area contributed by atoms with Crippen LogP contribution in [0.3, 0.4) is 0 Å². The fourth-order valence-electron chi connectivity index (χ4n) is 2.44. The van der Waals surface area contributed by atoms with Gasteiger partial charge in [-0.2, -0.15) is 0 Å². The predicted molar refractivity (Wildman–Crippen MR) is 64.6 cm³/mol. The number of thiophene rings is 1. The minimum absolute atomic E-state index is 0.0444. The molecule has 1 saturated heterocycles. The van der Waals surface area contributed by atoms with Gasteiger partial charge in [-0.3, -0.25) is 9.59 Å². The van der Waals surface area contributed by atoms with E-state index < -0.39 is 0 Å². The number of nitrogens with one attached hydrogen (secondary N) is 1. The first kappa shape index (κ1) is 10.6. The highest BCUT2D eigenvalue weighted by Gasteiger charge is 2.38. The molecule has 0 saturated carbocycles. The van der Waals surface area contributed by atoms with Crippen LogP contribution in [0.2, 0.25) is 0 Å². The Bertz CT molecular complexity index is 497. The average Bonchev–Trinajstić information content (AvgIpc) is 2.83. The zero-order valence-electron chi connectivity index (χ0n) is 9.23. The third kappa shape index (κ3) is 1.51. The van der Waals surface area contributed by atoms with Gasteiger partial charge in [0.25, 0.3) is 5.91 Å². The van der Waals surface area contributed by atoms with E-state index in [4.69, 9.17) is 5.73 Å². The highest BCUT2D eigenvalue weighted by atomic mass is 32.1. The van der Waals surface area contributed by atoms with Gasteiger partial charge in [-0.05, 0) is 12.8 Å². The molecule has 0 aromatic carbocycles. The van der Waals surface area contributed by atoms with E-state index in [9.17, 15) is 9.59 Å². The first-order chi connectivity index (χ1) is 8.18. The molecular weight excluding hydrogens is 238 g/mol. The fraction of sp³-hybridized carbons (Fsp3) is 0.455. The van der Waals surface area contributed by atoms with Crippen molar-refractivity contribution in [3.63, 3.8) is 0 Å². The maximum absolute atomic E-state index is 12.2. The molecule has 1 fully saturated rings. The largest absolute Gasteiger partial charge is 0.390 e. The molecule has 6 heteroatoms. The molecule has 0 unspecified atom stereocenters. The molecule has 1 aromatic heterocycles. The fourth-order valence-corrected chi connectivity index (χ4v) is 3.25. The number of rotatable bonds is 1. The van der Waals surface area contributed by atoms with Crippen molar-refractivity contribution in [1.29, 1.82) is 0 Å². The zero-order valence-corrected chi connectivity index (χ0v) is 10.0. The summed E-state index contributed by atoms with van der Waals surface area (Å²) in [5.41, 5.74) is 7.38. The molecule has 0 radical (unpaired) electrons. The second-order valence-electron chi connectivity index (χ2n) is 4.37. The van der Waals surface area contributed by atoms with Crippen molar-refractivity contribution in [3.05, 3.63) is 16.5 Å². The number of carbonyl (C=O) groups is 2. The average molecular weight is 251 g/mol. The van der Waals surface area contributed by atoms with Gasteiger partial charge >= 0.3 is 0 Å². The number of anilines is 1. The SMILES string of the molecule is Nc1scc2c1CN([C@@H]1CCCNC1=O)C2=O. The Morgan fingerprint density at radius 3 is 3.00 bits per heavy atom. The van der Waals surface area contributed by atoms with E-state index in [0.29, 0.717) is 23.7 Å². The number of nitrogens with zero attached hydrogens (tertiary/aromatic N) is 1. The minimum Gasteiger partial charge on any atom is -0.390 e. The standard InChI is InChI=1S/C11H13N3O2S/c12-9-6-4-14(11(16)7(6)5-17-9)8-2-1-3-13-10(8)15/h5,8H,1-4,12H2,(H,13,15)/t8-/m1/s1. The monoisotopic (exact) mass is 251 g/mol. The van der Waals surface area contributed by atoms with Crippen LogP contribution in [0, 0.1) is 0 Å². The van der Waals surface area contributed by atoms with Crippen molar-refractivity contribution >= 4 is 28.2 Å². The highest BCUT2D eigenvalue weighted by Crippen LogP contribution is 2.34. The lowest BCUT2D eigenvalue weighted by molar-refractivity contribution is -0.127. The van der Waals surface area contributed by atoms with E-state index in [2.05, 4.69) is 5.32 Å². The topological polar surface area (TPSA) is 75.4 Å². The number of nitrogen functional groups attached to an aromatic ring is 1. The summed E-state index contributed by atoms with van der Waals surface area (Å²) in [6, 6.07) is -0.326. The summed E-state index contributed by atoms with van der Waals surface area (Å²) >= 11 is 1.39. The first-order valence-electron chi connectivity index (χ1n) is 5.63. The van der Waals surface area contributed by atoms with E-state index in [1.165, 1.54) is 11.3 Å². The molecule has 3 N–H and O–H groups in total. The van der Waals surface area contributed by atoms with Gasteiger partial charge in [0.15, 0.2) is 0 Å². The number of amides is 2. The Kier molecular flexibility index (Phi) is 2.32. The van der Waals surface area contributed by atoms with Crippen molar-refractivity contribution in [2.24, 2.45) is 0 Å². The summed E-state index contributed by atoms with van der Waals surface area (Å²) < 4.78 is 0. The molecule has 2 aliphatic heterocycles. The van der Waals surface area contributed by atoms with E-state index in [0.717, 1.165) is 18.4 Å². The minimum atomic E-state index is -0.326. The Labute approximate surface area is 103 Å². The van der Waals surface area contributed by atoms with Crippen molar-refractivity contribution in [3.8, 4) is 0 Å². The van der Waals surface area contributed by atoms with Crippen LogP contribution in [0.4, 0.5) is 5.00 Å². The Morgan fingerprint density at radius 2 is 2.29 bits per heavy atom. The van der Waals surface area contributed by atoms with Crippen LogP contribution in [0.25, 0.3) is 0 Å². The number of carbonyl (C=O) groups excluding carboxylic acids is 2. The molecule has 1 atom stereocenters. The second-order valence-corrected chi connectivity index (χ2v) is 5.29. The van der Waals surface area contributed by atoms with Crippen LogP contribution in [0.1, 0.15) is 28.8 Å². The van der Waals surface area contributed by atoms with E-state index in [-0.39, 0.29) is 17.9 Å². The van der Waals surface area contributed by atoms with Crippen LogP contribution in [-0.2, 0) is 11.3 Å². The van der Waals surface area contributed by atoms with Crippen LogP contribution >= 0.6 is 11.3 Å². The van der Waals surface area contributed by atoms with Crippen molar-refractivity contribution in [1.82, 2.24) is 10.2 Å². The zero-order chi connectivity index (χ0) is 12.0. The summed E-state index contributed by atoms with van der Waals surface area (Å²) in [6.45, 7) is 1.18. The van der Waals surface area contributed by atoms with Gasteiger partial charge in [0.05, 0.1) is 17.1 Å². The maximum atomic E-state index is 12.2. The van der Waals surface area contributed by atoms with Crippen LogP contribution < -0.4 is 11.1 Å². The Hall–Kier alpha value is -1.56. The number of hydrogen-bond acceptors (Lipinski definition) is 4. The summed E-state index contributed by atoms with van der Waals surface area (Å²) in [7, 11) is 0. The third-order valence-electron chi connectivity index (χ3n) is 3.38. The maximum Gasteiger partial charge on any atom is 0.256 e. The molecule has 1 aromatic rings. The number of hydrogen-bond donors (Lipinski definition) is 2. The van der Waals surface area contributed by atoms with Crippen molar-refractivity contribution in [2.75, 3.05) is 12.3 Å². The quantitative estimate of drug-likeness (QED) is 0.766. The van der Waals surface area contributed by atoms with Gasteiger partial charge in [0.2, 0.25) is 5.91 Å². The summed E-state index contributed by atoms with van der Waals surface area (Å²) in [5.74, 6) is -0.105. The molecule has 0 spiro atoms. The number of fused-ring (bicyclic) bond motifs is 1. The van der Waals surface area contributed by atoms with Crippen LogP contribution in [-0.4, -0.2) is 29.3 Å². The van der Waals surface area contributed by atoms with Gasteiger partial charge in [0.1, 0.15) is 6.04 Å². The lowest BCUT2D eigenvalue weighted by Crippen LogP contribution is -2.50. The van der Waals surface area contributed by atoms with Gasteiger partial charge in [-0.1, -0.05) is 0 Å². The molecule has 17 heavy (non-hydrogen) atoms. The Morgan fingerprint density at radius 1 is 1.47 bits per heavy atom. The van der Waals surface area contributed by atoms with Gasteiger partial charge in [0, 0.05) is 17.5 Å². The van der Waals surface area contributed by atoms with Gasteiger partial charge in [-0.25, -0.2) is 0 Å². The van der Waals surface area contributed by atoms with Gasteiger partial charge in [-0.15, -0.1) is 11.3 Å². The molecule has 2 amide bonds. The van der Waals surface area contributed by atoms with Crippen LogP contribution in [0.15, 0.2) is 5.38 Å². The lowest BCUT2D eigenvalue weighted by Gasteiger charge is -2.30. The van der Waals surface area contributed by atoms with E-state index in [1.807, 2.05) is 0 Å². The smallest absolute Gasteiger partial charge is 0.256 e. The molecular formula is C11H13N3O2S. The highest BCUT2D eigenvalue weighted by molar-refractivity contribution is 7.14. The van der Waals surface area contributed by atoms with Crippen molar-refractivity contribution < 1.29 is 9.59 Å². The Balaban J connectivity index is 1.88. The molecule has 2 aliphatic rings.